The number of aromatic nitrogens is 4. The topological polar surface area (TPSA) is 112 Å². The number of anilines is 2. The van der Waals surface area contributed by atoms with Gasteiger partial charge in [-0.3, -0.25) is 9.36 Å². The molecule has 0 bridgehead atoms. The van der Waals surface area contributed by atoms with Crippen molar-refractivity contribution in [1.82, 2.24) is 19.7 Å². The molecule has 3 aromatic heterocycles. The normalized spacial score (nSPS) is 12.1. The summed E-state index contributed by atoms with van der Waals surface area (Å²) in [5.41, 5.74) is 7.62. The van der Waals surface area contributed by atoms with E-state index in [2.05, 4.69) is 20.4 Å². The summed E-state index contributed by atoms with van der Waals surface area (Å²) in [4.78, 5) is 22.3. The van der Waals surface area contributed by atoms with Gasteiger partial charge in [0.2, 0.25) is 0 Å². The number of nitrogens with zero attached hydrogens (tertiary/aromatic N) is 4. The zero-order valence-electron chi connectivity index (χ0n) is 18.8. The van der Waals surface area contributed by atoms with Crippen molar-refractivity contribution in [3.63, 3.8) is 0 Å². The Morgan fingerprint density at radius 1 is 1.17 bits per heavy atom. The van der Waals surface area contributed by atoms with Crippen LogP contribution in [0.3, 0.4) is 0 Å². The zero-order valence-corrected chi connectivity index (χ0v) is 19.5. The fraction of sp³-hybridized carbons (Fsp3) is 0.120. The lowest BCUT2D eigenvalue weighted by atomic mass is 10.1. The van der Waals surface area contributed by atoms with E-state index in [1.165, 1.54) is 16.7 Å². The molecule has 0 fully saturated rings. The number of halogens is 2. The summed E-state index contributed by atoms with van der Waals surface area (Å²) >= 11 is 6.37. The number of pyridine rings is 2. The van der Waals surface area contributed by atoms with Crippen molar-refractivity contribution >= 4 is 33.9 Å². The van der Waals surface area contributed by atoms with Crippen LogP contribution in [0.15, 0.2) is 70.1 Å². The van der Waals surface area contributed by atoms with Crippen molar-refractivity contribution in [1.29, 1.82) is 0 Å². The molecule has 5 aromatic rings. The second-order valence-electron chi connectivity index (χ2n) is 8.03. The van der Waals surface area contributed by atoms with Crippen molar-refractivity contribution < 1.29 is 8.91 Å². The first-order valence-electron chi connectivity index (χ1n) is 10.8. The van der Waals surface area contributed by atoms with E-state index >= 15 is 0 Å². The number of aryl methyl sites for hydroxylation is 1. The Morgan fingerprint density at radius 2 is 1.97 bits per heavy atom. The number of nitrogen functional groups attached to an aromatic ring is 1. The Kier molecular flexibility index (Phi) is 5.70. The van der Waals surface area contributed by atoms with Gasteiger partial charge in [0.25, 0.3) is 11.4 Å². The third-order valence-electron chi connectivity index (χ3n) is 5.61. The number of fused-ring (bicyclic) bond motifs is 1. The summed E-state index contributed by atoms with van der Waals surface area (Å²) in [5, 5.41) is 8.46. The molecule has 35 heavy (non-hydrogen) atoms. The van der Waals surface area contributed by atoms with Gasteiger partial charge in [0.15, 0.2) is 5.82 Å². The molecule has 0 aliphatic rings. The van der Waals surface area contributed by atoms with Gasteiger partial charge in [-0.15, -0.1) is 0 Å². The van der Waals surface area contributed by atoms with Crippen LogP contribution < -0.4 is 16.6 Å². The molecule has 10 heteroatoms. The molecule has 3 N–H and O–H groups in total. The van der Waals surface area contributed by atoms with Crippen LogP contribution in [0.1, 0.15) is 24.5 Å². The maximum atomic E-state index is 14.1. The van der Waals surface area contributed by atoms with Gasteiger partial charge in [0, 0.05) is 17.6 Å². The van der Waals surface area contributed by atoms with Crippen LogP contribution in [0.5, 0.6) is 0 Å². The Bertz CT molecular complexity index is 1630. The van der Waals surface area contributed by atoms with Gasteiger partial charge >= 0.3 is 0 Å². The minimum absolute atomic E-state index is 0.218. The van der Waals surface area contributed by atoms with E-state index in [1.54, 1.807) is 49.5 Å². The monoisotopic (exact) mass is 490 g/mol. The molecule has 0 aliphatic heterocycles. The van der Waals surface area contributed by atoms with Crippen molar-refractivity contribution in [3.8, 4) is 17.1 Å². The highest BCUT2D eigenvalue weighted by Crippen LogP contribution is 2.33. The summed E-state index contributed by atoms with van der Waals surface area (Å²) < 4.78 is 20.9. The molecular weight excluding hydrogens is 471 g/mol. The first-order chi connectivity index (χ1) is 16.8. The van der Waals surface area contributed by atoms with Crippen LogP contribution in [-0.4, -0.2) is 19.7 Å². The molecule has 0 radical (unpaired) electrons. The maximum absolute atomic E-state index is 14.1. The highest BCUT2D eigenvalue weighted by atomic mass is 35.5. The number of hydrogen-bond donors (Lipinski definition) is 2. The van der Waals surface area contributed by atoms with E-state index in [9.17, 15) is 9.18 Å². The Morgan fingerprint density at radius 3 is 2.71 bits per heavy atom. The van der Waals surface area contributed by atoms with E-state index in [0.717, 1.165) is 0 Å². The fourth-order valence-electron chi connectivity index (χ4n) is 4.03. The van der Waals surface area contributed by atoms with Gasteiger partial charge in [-0.05, 0) is 55.6 Å². The molecule has 2 aromatic carbocycles. The average Bonchev–Trinajstić information content (AvgIpc) is 3.24. The molecule has 0 amide bonds. The summed E-state index contributed by atoms with van der Waals surface area (Å²) in [6.45, 7) is 3.56. The van der Waals surface area contributed by atoms with Crippen LogP contribution >= 0.6 is 11.6 Å². The molecule has 0 saturated carbocycles. The molecule has 0 unspecified atom stereocenters. The molecule has 3 heterocycles. The van der Waals surface area contributed by atoms with E-state index in [-0.39, 0.29) is 11.4 Å². The Labute approximate surface area is 204 Å². The molecule has 8 nitrogen and oxygen atoms in total. The lowest BCUT2D eigenvalue weighted by molar-refractivity contribution is 0.426. The first kappa shape index (κ1) is 22.5. The van der Waals surface area contributed by atoms with Crippen molar-refractivity contribution in [2.24, 2.45) is 0 Å². The minimum Gasteiger partial charge on any atom is -0.398 e. The second-order valence-corrected chi connectivity index (χ2v) is 8.44. The van der Waals surface area contributed by atoms with Crippen molar-refractivity contribution in [2.75, 3.05) is 11.1 Å². The quantitative estimate of drug-likeness (QED) is 0.344. The first-order valence-corrected chi connectivity index (χ1v) is 11.1. The standard InChI is InChI=1S/C25H20ClFN6O2/c1-13(30-23-22(19(28)9-10-29-23)24-31-14(2)32-35-24)20-11-15-5-3-8-18(26)21(15)25(34)33(20)17-7-4-6-16(27)12-17/h3-13H,1-2H3,(H3,28,29,30)/t13-/m0/s1. The summed E-state index contributed by atoms with van der Waals surface area (Å²) in [5.74, 6) is 0.599. The maximum Gasteiger partial charge on any atom is 0.264 e. The number of hydrogen-bond acceptors (Lipinski definition) is 7. The molecular formula is C25H20ClFN6O2. The average molecular weight is 491 g/mol. The van der Waals surface area contributed by atoms with Gasteiger partial charge in [-0.25, -0.2) is 9.37 Å². The molecule has 176 valence electrons. The number of rotatable bonds is 5. The van der Waals surface area contributed by atoms with Crippen LogP contribution in [-0.2, 0) is 0 Å². The van der Waals surface area contributed by atoms with Gasteiger partial charge in [-0.1, -0.05) is 35.0 Å². The second kappa shape index (κ2) is 8.84. The summed E-state index contributed by atoms with van der Waals surface area (Å²) in [7, 11) is 0. The van der Waals surface area contributed by atoms with Gasteiger partial charge < -0.3 is 15.6 Å². The number of nitrogens with two attached hydrogens (primary N) is 1. The largest absolute Gasteiger partial charge is 0.398 e. The minimum atomic E-state index is -0.480. The SMILES string of the molecule is Cc1noc(-c2c(N)ccnc2N[C@@H](C)c2cc3cccc(Cl)c3c(=O)n2-c2cccc(F)c2)n1. The molecule has 0 saturated heterocycles. The van der Waals surface area contributed by atoms with E-state index < -0.39 is 11.9 Å². The van der Waals surface area contributed by atoms with Gasteiger partial charge in [-0.2, -0.15) is 4.98 Å². The Balaban J connectivity index is 1.69. The van der Waals surface area contributed by atoms with Crippen molar-refractivity contribution in [3.05, 3.63) is 93.5 Å². The predicted molar refractivity (Wildman–Crippen MR) is 133 cm³/mol. The third-order valence-corrected chi connectivity index (χ3v) is 5.93. The lowest BCUT2D eigenvalue weighted by Gasteiger charge is -2.22. The van der Waals surface area contributed by atoms with Crippen LogP contribution in [0, 0.1) is 12.7 Å². The number of benzene rings is 2. The Hall–Kier alpha value is -4.24. The predicted octanol–water partition coefficient (Wildman–Crippen LogP) is 5.29. The third kappa shape index (κ3) is 4.10. The molecule has 1 atom stereocenters. The molecule has 0 spiro atoms. The van der Waals surface area contributed by atoms with Crippen LogP contribution in [0.4, 0.5) is 15.9 Å². The lowest BCUT2D eigenvalue weighted by Crippen LogP contribution is -2.26. The smallest absolute Gasteiger partial charge is 0.264 e. The van der Waals surface area contributed by atoms with E-state index in [0.29, 0.717) is 50.1 Å². The van der Waals surface area contributed by atoms with E-state index in [1.807, 2.05) is 13.0 Å². The summed E-state index contributed by atoms with van der Waals surface area (Å²) in [6.07, 6.45) is 1.55. The zero-order chi connectivity index (χ0) is 24.7. The fourth-order valence-corrected chi connectivity index (χ4v) is 4.29. The highest BCUT2D eigenvalue weighted by Gasteiger charge is 2.22. The van der Waals surface area contributed by atoms with Gasteiger partial charge in [0.05, 0.1) is 22.1 Å². The highest BCUT2D eigenvalue weighted by molar-refractivity contribution is 6.35. The van der Waals surface area contributed by atoms with Gasteiger partial charge in [0.1, 0.15) is 17.2 Å². The molecule has 5 rings (SSSR count). The van der Waals surface area contributed by atoms with E-state index in [4.69, 9.17) is 21.9 Å². The number of nitrogens with one attached hydrogen (secondary N) is 1. The van der Waals surface area contributed by atoms with Crippen molar-refractivity contribution in [2.45, 2.75) is 19.9 Å². The summed E-state index contributed by atoms with van der Waals surface area (Å²) in [6, 6.07) is 14.0. The van der Waals surface area contributed by atoms with Crippen LogP contribution in [0.2, 0.25) is 5.02 Å². The van der Waals surface area contributed by atoms with Crippen LogP contribution in [0.25, 0.3) is 27.9 Å². The molecule has 0 aliphatic carbocycles.